The molecule has 0 amide bonds. The van der Waals surface area contributed by atoms with Crippen LogP contribution in [0.1, 0.15) is 38.8 Å². The molecular formula is C17H23ClN2. The number of nitrogens with one attached hydrogen (secondary N) is 2. The van der Waals surface area contributed by atoms with Crippen molar-refractivity contribution in [2.24, 2.45) is 11.8 Å². The zero-order valence-electron chi connectivity index (χ0n) is 12.2. The molecule has 1 saturated carbocycles. The molecule has 2 N–H and O–H groups in total. The number of aromatic amines is 1. The maximum atomic E-state index is 6.46. The predicted molar refractivity (Wildman–Crippen MR) is 86.1 cm³/mol. The zero-order valence-corrected chi connectivity index (χ0v) is 13.0. The molecule has 3 rings (SSSR count). The molecule has 1 aromatic carbocycles. The summed E-state index contributed by atoms with van der Waals surface area (Å²) >= 11 is 6.46. The van der Waals surface area contributed by atoms with Crippen LogP contribution in [0.5, 0.6) is 0 Å². The van der Waals surface area contributed by atoms with Crippen LogP contribution in [-0.4, -0.2) is 11.0 Å². The first kappa shape index (κ1) is 14.0. The second kappa shape index (κ2) is 5.79. The molecule has 3 unspecified atom stereocenters. The Labute approximate surface area is 125 Å². The highest BCUT2D eigenvalue weighted by Gasteiger charge is 2.25. The van der Waals surface area contributed by atoms with Gasteiger partial charge in [0.25, 0.3) is 0 Å². The van der Waals surface area contributed by atoms with Crippen molar-refractivity contribution < 1.29 is 0 Å². The van der Waals surface area contributed by atoms with Gasteiger partial charge in [0, 0.05) is 29.2 Å². The van der Waals surface area contributed by atoms with Crippen LogP contribution in [0, 0.1) is 11.8 Å². The summed E-state index contributed by atoms with van der Waals surface area (Å²) in [5.74, 6) is 1.63. The number of halogens is 1. The average molecular weight is 291 g/mol. The number of hydrogen-bond acceptors (Lipinski definition) is 1. The van der Waals surface area contributed by atoms with Gasteiger partial charge in [-0.25, -0.2) is 0 Å². The van der Waals surface area contributed by atoms with E-state index < -0.39 is 0 Å². The van der Waals surface area contributed by atoms with Crippen molar-refractivity contribution in [2.75, 3.05) is 0 Å². The predicted octanol–water partition coefficient (Wildman–Crippen LogP) is 4.74. The molecular weight excluding hydrogens is 268 g/mol. The number of aromatic nitrogens is 1. The van der Waals surface area contributed by atoms with E-state index in [1.165, 1.54) is 19.3 Å². The van der Waals surface area contributed by atoms with Crippen molar-refractivity contribution >= 4 is 22.5 Å². The molecule has 1 fully saturated rings. The highest BCUT2D eigenvalue weighted by molar-refractivity contribution is 6.36. The van der Waals surface area contributed by atoms with E-state index in [-0.39, 0.29) is 0 Å². The van der Waals surface area contributed by atoms with Crippen molar-refractivity contribution in [3.8, 4) is 0 Å². The Bertz CT molecular complexity index is 590. The maximum absolute atomic E-state index is 6.46. The van der Waals surface area contributed by atoms with E-state index in [4.69, 9.17) is 11.6 Å². The molecule has 108 valence electrons. The molecule has 1 aliphatic rings. The van der Waals surface area contributed by atoms with E-state index in [0.717, 1.165) is 40.0 Å². The van der Waals surface area contributed by atoms with E-state index in [2.05, 4.69) is 36.3 Å². The van der Waals surface area contributed by atoms with Crippen molar-refractivity contribution in [2.45, 2.75) is 45.7 Å². The summed E-state index contributed by atoms with van der Waals surface area (Å²) in [5.41, 5.74) is 2.23. The first-order chi connectivity index (χ1) is 9.65. The van der Waals surface area contributed by atoms with Gasteiger partial charge in [-0.3, -0.25) is 0 Å². The van der Waals surface area contributed by atoms with Gasteiger partial charge in [-0.05, 0) is 37.2 Å². The molecule has 2 aromatic rings. The molecule has 0 aliphatic heterocycles. The number of H-pyrrole nitrogens is 1. The minimum absolute atomic E-state index is 0.619. The van der Waals surface area contributed by atoms with Crippen LogP contribution in [-0.2, 0) is 6.54 Å². The molecule has 1 heterocycles. The first-order valence-electron chi connectivity index (χ1n) is 7.63. The Morgan fingerprint density at radius 2 is 2.05 bits per heavy atom. The molecule has 20 heavy (non-hydrogen) atoms. The largest absolute Gasteiger partial charge is 0.356 e. The third-order valence-corrected chi connectivity index (χ3v) is 5.12. The minimum Gasteiger partial charge on any atom is -0.356 e. The number of benzene rings is 1. The smallest absolute Gasteiger partial charge is 0.0705 e. The van der Waals surface area contributed by atoms with Gasteiger partial charge in [-0.2, -0.15) is 0 Å². The van der Waals surface area contributed by atoms with Crippen LogP contribution in [0.2, 0.25) is 5.02 Å². The third kappa shape index (κ3) is 2.72. The molecule has 2 nitrogen and oxygen atoms in total. The lowest BCUT2D eigenvalue weighted by atomic mass is 9.80. The van der Waals surface area contributed by atoms with Crippen LogP contribution < -0.4 is 5.32 Å². The van der Waals surface area contributed by atoms with E-state index in [9.17, 15) is 0 Å². The highest BCUT2D eigenvalue weighted by atomic mass is 35.5. The Hall–Kier alpha value is -0.990. The van der Waals surface area contributed by atoms with Gasteiger partial charge < -0.3 is 10.3 Å². The SMILES string of the molecule is CC1CCC(NCc2[nH]c3ccccc3c2Cl)C(C)C1. The number of para-hydroxylation sites is 1. The van der Waals surface area contributed by atoms with Gasteiger partial charge in [-0.15, -0.1) is 0 Å². The number of fused-ring (bicyclic) bond motifs is 1. The normalized spacial score (nSPS) is 27.1. The van der Waals surface area contributed by atoms with Crippen LogP contribution >= 0.6 is 11.6 Å². The molecule has 3 atom stereocenters. The average Bonchev–Trinajstić information content (AvgIpc) is 2.75. The third-order valence-electron chi connectivity index (χ3n) is 4.69. The lowest BCUT2D eigenvalue weighted by Crippen LogP contribution is -2.38. The monoisotopic (exact) mass is 290 g/mol. The summed E-state index contributed by atoms with van der Waals surface area (Å²) in [6.45, 7) is 5.55. The zero-order chi connectivity index (χ0) is 14.1. The fourth-order valence-electron chi connectivity index (χ4n) is 3.49. The van der Waals surface area contributed by atoms with Gasteiger partial charge in [0.1, 0.15) is 0 Å². The Morgan fingerprint density at radius 3 is 2.80 bits per heavy atom. The molecule has 1 aromatic heterocycles. The Morgan fingerprint density at radius 1 is 1.25 bits per heavy atom. The summed E-state index contributed by atoms with van der Waals surface area (Å²) in [4.78, 5) is 3.43. The maximum Gasteiger partial charge on any atom is 0.0705 e. The summed E-state index contributed by atoms with van der Waals surface area (Å²) in [6, 6.07) is 8.84. The molecule has 3 heteroatoms. The van der Waals surface area contributed by atoms with Crippen LogP contribution in [0.3, 0.4) is 0 Å². The summed E-state index contributed by atoms with van der Waals surface area (Å²) in [7, 11) is 0. The van der Waals surface area contributed by atoms with E-state index in [1.54, 1.807) is 0 Å². The van der Waals surface area contributed by atoms with Gasteiger partial charge in [0.15, 0.2) is 0 Å². The second-order valence-corrected chi connectivity index (χ2v) is 6.72. The lowest BCUT2D eigenvalue weighted by Gasteiger charge is -2.33. The highest BCUT2D eigenvalue weighted by Crippen LogP contribution is 2.30. The molecule has 0 spiro atoms. The van der Waals surface area contributed by atoms with Crippen molar-refractivity contribution in [1.82, 2.24) is 10.3 Å². The fourth-order valence-corrected chi connectivity index (χ4v) is 3.77. The van der Waals surface area contributed by atoms with Crippen LogP contribution in [0.25, 0.3) is 10.9 Å². The Kier molecular flexibility index (Phi) is 4.04. The molecule has 1 aliphatic carbocycles. The van der Waals surface area contributed by atoms with E-state index >= 15 is 0 Å². The van der Waals surface area contributed by atoms with Crippen molar-refractivity contribution in [1.29, 1.82) is 0 Å². The topological polar surface area (TPSA) is 27.8 Å². The summed E-state index contributed by atoms with van der Waals surface area (Å²) in [5, 5.41) is 5.68. The van der Waals surface area contributed by atoms with Gasteiger partial charge in [0.05, 0.1) is 5.02 Å². The molecule has 0 bridgehead atoms. The first-order valence-corrected chi connectivity index (χ1v) is 8.01. The second-order valence-electron chi connectivity index (χ2n) is 6.35. The molecule has 0 saturated heterocycles. The minimum atomic E-state index is 0.619. The standard InChI is InChI=1S/C17H23ClN2/c1-11-7-8-14(12(2)9-11)19-10-16-17(18)13-5-3-4-6-15(13)20-16/h3-6,11-12,14,19-20H,7-10H2,1-2H3. The van der Waals surface area contributed by atoms with Crippen molar-refractivity contribution in [3.05, 3.63) is 35.0 Å². The van der Waals surface area contributed by atoms with Crippen LogP contribution in [0.4, 0.5) is 0 Å². The number of hydrogen-bond donors (Lipinski definition) is 2. The Balaban J connectivity index is 1.69. The van der Waals surface area contributed by atoms with E-state index in [1.807, 2.05) is 12.1 Å². The molecule has 0 radical (unpaired) electrons. The lowest BCUT2D eigenvalue weighted by molar-refractivity contribution is 0.227. The fraction of sp³-hybridized carbons (Fsp3) is 0.529. The number of rotatable bonds is 3. The van der Waals surface area contributed by atoms with E-state index in [0.29, 0.717) is 6.04 Å². The summed E-state index contributed by atoms with van der Waals surface area (Å²) < 4.78 is 0. The van der Waals surface area contributed by atoms with Gasteiger partial charge in [0.2, 0.25) is 0 Å². The van der Waals surface area contributed by atoms with Crippen molar-refractivity contribution in [3.63, 3.8) is 0 Å². The van der Waals surface area contributed by atoms with Gasteiger partial charge >= 0.3 is 0 Å². The van der Waals surface area contributed by atoms with Gasteiger partial charge in [-0.1, -0.05) is 43.6 Å². The van der Waals surface area contributed by atoms with Crippen LogP contribution in [0.15, 0.2) is 24.3 Å². The summed E-state index contributed by atoms with van der Waals surface area (Å²) in [6.07, 6.45) is 3.95. The quantitative estimate of drug-likeness (QED) is 0.840.